The molecule has 0 aliphatic carbocycles. The molecule has 0 N–H and O–H groups in total. The Morgan fingerprint density at radius 1 is 1.12 bits per heavy atom. The van der Waals surface area contributed by atoms with E-state index >= 15 is 0 Å². The van der Waals surface area contributed by atoms with Crippen molar-refractivity contribution in [3.63, 3.8) is 0 Å². The molecule has 3 heterocycles. The van der Waals surface area contributed by atoms with E-state index < -0.39 is 9.84 Å². The van der Waals surface area contributed by atoms with E-state index in [0.717, 1.165) is 49.3 Å². The van der Waals surface area contributed by atoms with Gasteiger partial charge in [-0.3, -0.25) is 14.4 Å². The third kappa shape index (κ3) is 5.84. The monoisotopic (exact) mass is 472 g/mol. The fourth-order valence-electron chi connectivity index (χ4n) is 5.24. The summed E-state index contributed by atoms with van der Waals surface area (Å²) >= 11 is 0. The van der Waals surface area contributed by atoms with E-state index in [9.17, 15) is 13.2 Å². The number of benzene rings is 1. The first kappa shape index (κ1) is 24.0. The second kappa shape index (κ2) is 9.97. The summed E-state index contributed by atoms with van der Waals surface area (Å²) in [4.78, 5) is 17.0. The van der Waals surface area contributed by atoms with E-state index in [4.69, 9.17) is 0 Å². The minimum absolute atomic E-state index is 0.0773. The number of carbonyl (C=O) groups excluding carboxylic acids is 1. The van der Waals surface area contributed by atoms with Crippen molar-refractivity contribution in [2.24, 2.45) is 5.92 Å². The second-order valence-electron chi connectivity index (χ2n) is 9.84. The summed E-state index contributed by atoms with van der Waals surface area (Å²) in [5.41, 5.74) is 4.40. The van der Waals surface area contributed by atoms with Crippen LogP contribution < -0.4 is 0 Å². The molecular formula is C25H36N4O3S. The Labute approximate surface area is 197 Å². The lowest BCUT2D eigenvalue weighted by Gasteiger charge is -2.33. The highest BCUT2D eigenvalue weighted by atomic mass is 32.2. The van der Waals surface area contributed by atoms with Gasteiger partial charge in [0, 0.05) is 30.9 Å². The molecule has 2 fully saturated rings. The molecule has 2 aliphatic heterocycles. The van der Waals surface area contributed by atoms with Crippen LogP contribution in [-0.4, -0.2) is 72.1 Å². The maximum absolute atomic E-state index is 12.9. The topological polar surface area (TPSA) is 75.5 Å². The van der Waals surface area contributed by atoms with Crippen molar-refractivity contribution in [1.29, 1.82) is 0 Å². The second-order valence-corrected chi connectivity index (χ2v) is 12.1. The lowest BCUT2D eigenvalue weighted by Crippen LogP contribution is -2.43. The number of nitrogens with zero attached hydrogens (tertiary/aromatic N) is 4. The van der Waals surface area contributed by atoms with Crippen molar-refractivity contribution in [1.82, 2.24) is 19.6 Å². The van der Waals surface area contributed by atoms with Gasteiger partial charge in [0.05, 0.1) is 29.8 Å². The Kier molecular flexibility index (Phi) is 7.24. The van der Waals surface area contributed by atoms with Crippen molar-refractivity contribution >= 4 is 15.7 Å². The van der Waals surface area contributed by atoms with Gasteiger partial charge in [0.1, 0.15) is 0 Å². The van der Waals surface area contributed by atoms with Crippen LogP contribution in [0, 0.1) is 19.8 Å². The highest BCUT2D eigenvalue weighted by Gasteiger charge is 2.32. The number of hydrogen-bond acceptors (Lipinski definition) is 5. The van der Waals surface area contributed by atoms with Crippen molar-refractivity contribution in [2.75, 3.05) is 38.2 Å². The van der Waals surface area contributed by atoms with E-state index in [1.807, 2.05) is 35.4 Å². The van der Waals surface area contributed by atoms with Crippen LogP contribution in [0.4, 0.5) is 0 Å². The number of aromatic nitrogens is 2. The third-order valence-electron chi connectivity index (χ3n) is 7.20. The maximum Gasteiger partial charge on any atom is 0.236 e. The quantitative estimate of drug-likeness (QED) is 0.619. The molecule has 8 heteroatoms. The summed E-state index contributed by atoms with van der Waals surface area (Å²) in [6.45, 7) is 6.65. The molecule has 0 bridgehead atoms. The molecule has 180 valence electrons. The third-order valence-corrected chi connectivity index (χ3v) is 8.95. The number of likely N-dealkylation sites (N-methyl/N-ethyl adjacent to an activating group) is 1. The summed E-state index contributed by atoms with van der Waals surface area (Å²) in [5.74, 6) is 1.23. The van der Waals surface area contributed by atoms with Crippen LogP contribution in [-0.2, 0) is 27.6 Å². The summed E-state index contributed by atoms with van der Waals surface area (Å²) in [6.07, 6.45) is 3.82. The van der Waals surface area contributed by atoms with Crippen LogP contribution in [0.2, 0.25) is 0 Å². The van der Waals surface area contributed by atoms with E-state index in [1.54, 1.807) is 0 Å². The van der Waals surface area contributed by atoms with Gasteiger partial charge in [-0.2, -0.15) is 5.10 Å². The fourth-order valence-corrected chi connectivity index (χ4v) is 6.93. The molecule has 2 aromatic rings. The molecule has 1 atom stereocenters. The van der Waals surface area contributed by atoms with Crippen LogP contribution >= 0.6 is 0 Å². The van der Waals surface area contributed by atoms with E-state index in [1.165, 1.54) is 5.56 Å². The Balaban J connectivity index is 1.29. The normalized spacial score (nSPS) is 21.1. The van der Waals surface area contributed by atoms with Crippen molar-refractivity contribution < 1.29 is 13.2 Å². The largest absolute Gasteiger partial charge is 0.342 e. The molecule has 0 spiro atoms. The summed E-state index contributed by atoms with van der Waals surface area (Å²) in [6, 6.07) is 10.5. The summed E-state index contributed by atoms with van der Waals surface area (Å²) in [7, 11) is -0.990. The van der Waals surface area contributed by atoms with Gasteiger partial charge in [-0.25, -0.2) is 8.42 Å². The van der Waals surface area contributed by atoms with Gasteiger partial charge in [0.2, 0.25) is 5.91 Å². The minimum Gasteiger partial charge on any atom is -0.342 e. The van der Waals surface area contributed by atoms with Gasteiger partial charge in [-0.05, 0) is 58.1 Å². The highest BCUT2D eigenvalue weighted by molar-refractivity contribution is 7.91. The van der Waals surface area contributed by atoms with Crippen LogP contribution in [0.15, 0.2) is 30.3 Å². The number of sulfone groups is 1. The minimum atomic E-state index is -2.96. The van der Waals surface area contributed by atoms with Gasteiger partial charge in [0.25, 0.3) is 0 Å². The van der Waals surface area contributed by atoms with E-state index in [-0.39, 0.29) is 23.5 Å². The lowest BCUT2D eigenvalue weighted by molar-refractivity contribution is -0.133. The molecule has 1 aromatic carbocycles. The zero-order valence-electron chi connectivity index (χ0n) is 20.0. The van der Waals surface area contributed by atoms with Crippen molar-refractivity contribution in [3.8, 4) is 0 Å². The summed E-state index contributed by atoms with van der Waals surface area (Å²) < 4.78 is 25.7. The lowest BCUT2D eigenvalue weighted by atomic mass is 9.90. The van der Waals surface area contributed by atoms with Crippen molar-refractivity contribution in [2.45, 2.75) is 52.1 Å². The molecule has 0 radical (unpaired) electrons. The van der Waals surface area contributed by atoms with E-state index in [0.29, 0.717) is 25.4 Å². The number of piperidine rings is 1. The van der Waals surface area contributed by atoms with Gasteiger partial charge in [-0.15, -0.1) is 0 Å². The Hall–Kier alpha value is -2.19. The molecule has 0 unspecified atom stereocenters. The molecular weight excluding hydrogens is 436 g/mol. The first-order valence-corrected chi connectivity index (χ1v) is 13.8. The summed E-state index contributed by atoms with van der Waals surface area (Å²) in [5, 5.41) is 4.65. The molecule has 2 aliphatic rings. The number of likely N-dealkylation sites (tertiary alicyclic amines) is 1. The van der Waals surface area contributed by atoms with Crippen molar-refractivity contribution in [3.05, 3.63) is 52.8 Å². The molecule has 1 aromatic heterocycles. The predicted octanol–water partition coefficient (Wildman–Crippen LogP) is 2.77. The Morgan fingerprint density at radius 2 is 1.82 bits per heavy atom. The Bertz CT molecular complexity index is 1070. The van der Waals surface area contributed by atoms with Gasteiger partial charge >= 0.3 is 0 Å². The fraction of sp³-hybridized carbons (Fsp3) is 0.600. The van der Waals surface area contributed by atoms with Crippen LogP contribution in [0.5, 0.6) is 0 Å². The number of hydrogen-bond donors (Lipinski definition) is 0. The van der Waals surface area contributed by atoms with Gasteiger partial charge in [-0.1, -0.05) is 30.3 Å². The van der Waals surface area contributed by atoms with Gasteiger partial charge in [0.15, 0.2) is 9.84 Å². The number of carbonyl (C=O) groups is 1. The molecule has 0 saturated carbocycles. The zero-order valence-corrected chi connectivity index (χ0v) is 20.9. The molecule has 2 saturated heterocycles. The first-order chi connectivity index (χ1) is 15.7. The van der Waals surface area contributed by atoms with Crippen LogP contribution in [0.25, 0.3) is 0 Å². The molecule has 4 rings (SSSR count). The standard InChI is InChI=1S/C25H36N4O3S/c1-19-24(20(2)29(26-19)23-11-14-33(31,32)18-23)16-27(3)17-25(30)28-12-9-22(10-13-28)15-21-7-5-4-6-8-21/h4-8,22-23H,9-18H2,1-3H3/t23-/m1/s1. The molecule has 33 heavy (non-hydrogen) atoms. The first-order valence-electron chi connectivity index (χ1n) is 12.0. The van der Waals surface area contributed by atoms with Crippen LogP contribution in [0.1, 0.15) is 47.8 Å². The Morgan fingerprint density at radius 3 is 2.45 bits per heavy atom. The number of amides is 1. The van der Waals surface area contributed by atoms with Gasteiger partial charge < -0.3 is 4.90 Å². The number of aryl methyl sites for hydroxylation is 1. The van der Waals surface area contributed by atoms with E-state index in [2.05, 4.69) is 35.4 Å². The highest BCUT2D eigenvalue weighted by Crippen LogP contribution is 2.27. The maximum atomic E-state index is 12.9. The molecule has 1 amide bonds. The average molecular weight is 473 g/mol. The van der Waals surface area contributed by atoms with Crippen LogP contribution in [0.3, 0.4) is 0 Å². The molecule has 7 nitrogen and oxygen atoms in total. The average Bonchev–Trinajstić information content (AvgIpc) is 3.28. The number of rotatable bonds is 7. The predicted molar refractivity (Wildman–Crippen MR) is 130 cm³/mol. The SMILES string of the molecule is Cc1nn([C@@H]2CCS(=O)(=O)C2)c(C)c1CN(C)CC(=O)N1CCC(Cc2ccccc2)CC1. The zero-order chi connectivity index (χ0) is 23.6. The smallest absolute Gasteiger partial charge is 0.236 e.